The minimum Gasteiger partial charge on any atom is -0.492 e. The van der Waals surface area contributed by atoms with Crippen molar-refractivity contribution in [2.45, 2.75) is 6.42 Å². The highest BCUT2D eigenvalue weighted by atomic mass is 79.9. The van der Waals surface area contributed by atoms with Crippen molar-refractivity contribution in [3.8, 4) is 17.6 Å². The summed E-state index contributed by atoms with van der Waals surface area (Å²) in [6.45, 7) is 1.06. The van der Waals surface area contributed by atoms with E-state index in [1.54, 1.807) is 12.1 Å². The lowest BCUT2D eigenvalue weighted by molar-refractivity contribution is 0.246. The van der Waals surface area contributed by atoms with Gasteiger partial charge in [0, 0.05) is 10.9 Å². The summed E-state index contributed by atoms with van der Waals surface area (Å²) in [5.74, 6) is 1.42. The maximum atomic E-state index is 8.96. The van der Waals surface area contributed by atoms with Gasteiger partial charge in [0.25, 0.3) is 0 Å². The molecule has 0 heterocycles. The van der Waals surface area contributed by atoms with Crippen molar-refractivity contribution in [3.05, 3.63) is 57.0 Å². The molecule has 0 aliphatic heterocycles. The van der Waals surface area contributed by atoms with Crippen LogP contribution >= 0.6 is 31.9 Å². The summed E-state index contributed by atoms with van der Waals surface area (Å²) in [6, 6.07) is 15.1. The van der Waals surface area contributed by atoms with Crippen LogP contribution in [0.3, 0.4) is 0 Å². The van der Waals surface area contributed by atoms with Gasteiger partial charge in [-0.15, -0.1) is 0 Å². The largest absolute Gasteiger partial charge is 0.492 e. The molecule has 0 saturated carbocycles. The molecular weight excluding hydrogens is 398 g/mol. The van der Waals surface area contributed by atoms with E-state index in [-0.39, 0.29) is 0 Å². The highest BCUT2D eigenvalue weighted by Crippen LogP contribution is 2.28. The second-order valence-corrected chi connectivity index (χ2v) is 6.00. The van der Waals surface area contributed by atoms with Crippen LogP contribution in [0.2, 0.25) is 0 Å². The van der Waals surface area contributed by atoms with E-state index in [1.165, 1.54) is 0 Å². The number of nitrogens with zero attached hydrogens (tertiary/aromatic N) is 1. The molecule has 3 nitrogen and oxygen atoms in total. The van der Waals surface area contributed by atoms with Crippen molar-refractivity contribution in [2.24, 2.45) is 0 Å². The van der Waals surface area contributed by atoms with E-state index in [0.717, 1.165) is 21.1 Å². The van der Waals surface area contributed by atoms with Gasteiger partial charge in [0.1, 0.15) is 17.6 Å². The van der Waals surface area contributed by atoms with Gasteiger partial charge in [0.15, 0.2) is 0 Å². The molecule has 0 saturated heterocycles. The predicted molar refractivity (Wildman–Crippen MR) is 88.6 cm³/mol. The summed E-state index contributed by atoms with van der Waals surface area (Å²) in [5.41, 5.74) is 0.550. The van der Waals surface area contributed by atoms with Crippen molar-refractivity contribution in [3.63, 3.8) is 0 Å². The molecule has 0 fully saturated rings. The molecule has 2 aromatic rings. The van der Waals surface area contributed by atoms with Crippen LogP contribution in [0.1, 0.15) is 12.0 Å². The van der Waals surface area contributed by atoms with Gasteiger partial charge in [-0.1, -0.05) is 28.1 Å². The van der Waals surface area contributed by atoms with Crippen LogP contribution < -0.4 is 9.47 Å². The zero-order valence-corrected chi connectivity index (χ0v) is 14.4. The monoisotopic (exact) mass is 409 g/mol. The molecule has 0 N–H and O–H groups in total. The topological polar surface area (TPSA) is 42.2 Å². The molecule has 0 aromatic heterocycles. The second kappa shape index (κ2) is 8.06. The predicted octanol–water partition coefficient (Wildman–Crippen LogP) is 4.93. The van der Waals surface area contributed by atoms with Gasteiger partial charge in [-0.05, 0) is 46.3 Å². The summed E-state index contributed by atoms with van der Waals surface area (Å²) < 4.78 is 13.2. The molecule has 5 heteroatoms. The lowest BCUT2D eigenvalue weighted by Crippen LogP contribution is -2.06. The van der Waals surface area contributed by atoms with Gasteiger partial charge in [-0.3, -0.25) is 0 Å². The number of rotatable bonds is 6. The van der Waals surface area contributed by atoms with Gasteiger partial charge in [0.05, 0.1) is 23.2 Å². The summed E-state index contributed by atoms with van der Waals surface area (Å²) >= 11 is 6.85. The molecule has 2 rings (SSSR count). The molecule has 0 aliphatic rings. The van der Waals surface area contributed by atoms with Crippen molar-refractivity contribution >= 4 is 31.9 Å². The van der Waals surface area contributed by atoms with Crippen LogP contribution in [0.25, 0.3) is 0 Å². The molecule has 0 aliphatic carbocycles. The molecule has 2 aromatic carbocycles. The van der Waals surface area contributed by atoms with Crippen LogP contribution in [0.15, 0.2) is 51.4 Å². The molecule has 0 atom stereocenters. The molecule has 0 amide bonds. The quantitative estimate of drug-likeness (QED) is 0.634. The Balaban J connectivity index is 1.76. The third-order valence-corrected chi connectivity index (χ3v) is 3.82. The summed E-state index contributed by atoms with van der Waals surface area (Å²) in [6.07, 6.45) is 0.738. The molecule has 0 unspecified atom stereocenters. The number of benzene rings is 2. The first-order valence-corrected chi connectivity index (χ1v) is 7.99. The molecule has 108 valence electrons. The normalized spacial score (nSPS) is 9.95. The van der Waals surface area contributed by atoms with Crippen LogP contribution in [-0.2, 0) is 0 Å². The van der Waals surface area contributed by atoms with E-state index in [2.05, 4.69) is 37.9 Å². The highest BCUT2D eigenvalue weighted by molar-refractivity contribution is 9.11. The fourth-order valence-corrected chi connectivity index (χ4v) is 2.86. The van der Waals surface area contributed by atoms with Gasteiger partial charge < -0.3 is 9.47 Å². The molecule has 0 bridgehead atoms. The Labute approximate surface area is 140 Å². The number of para-hydroxylation sites is 1. The van der Waals surface area contributed by atoms with Gasteiger partial charge in [-0.2, -0.15) is 5.26 Å². The lowest BCUT2D eigenvalue weighted by atomic mass is 10.2. The van der Waals surface area contributed by atoms with Crippen molar-refractivity contribution in [1.29, 1.82) is 5.26 Å². The second-order valence-electron chi connectivity index (χ2n) is 4.23. The Morgan fingerprint density at radius 2 is 1.67 bits per heavy atom. The Morgan fingerprint density at radius 1 is 0.952 bits per heavy atom. The van der Waals surface area contributed by atoms with Crippen LogP contribution in [0.5, 0.6) is 11.5 Å². The van der Waals surface area contributed by atoms with Crippen molar-refractivity contribution in [2.75, 3.05) is 13.2 Å². The minimum atomic E-state index is 0.507. The molecule has 0 radical (unpaired) electrons. The van der Waals surface area contributed by atoms with Crippen LogP contribution in [-0.4, -0.2) is 13.2 Å². The number of halogens is 2. The molecule has 21 heavy (non-hydrogen) atoms. The first-order valence-electron chi connectivity index (χ1n) is 6.40. The first kappa shape index (κ1) is 15.9. The van der Waals surface area contributed by atoms with Crippen LogP contribution in [0, 0.1) is 11.3 Å². The highest BCUT2D eigenvalue weighted by Gasteiger charge is 2.03. The van der Waals surface area contributed by atoms with E-state index in [9.17, 15) is 0 Å². The zero-order chi connectivity index (χ0) is 15.1. The smallest absolute Gasteiger partial charge is 0.137 e. The first-order chi connectivity index (χ1) is 10.2. The zero-order valence-electron chi connectivity index (χ0n) is 11.2. The summed E-state index contributed by atoms with van der Waals surface area (Å²) in [4.78, 5) is 0. The standard InChI is InChI=1S/C16H13Br2NO2/c17-13-6-7-16(14(18)10-13)21-9-3-8-20-15-5-2-1-4-12(15)11-19/h1-2,4-7,10H,3,8-9H2. The maximum Gasteiger partial charge on any atom is 0.137 e. The fraction of sp³-hybridized carbons (Fsp3) is 0.188. The number of nitriles is 1. The van der Waals surface area contributed by atoms with Gasteiger partial charge >= 0.3 is 0 Å². The van der Waals surface area contributed by atoms with Crippen molar-refractivity contribution < 1.29 is 9.47 Å². The third kappa shape index (κ3) is 4.76. The average molecular weight is 411 g/mol. The van der Waals surface area contributed by atoms with Gasteiger partial charge in [-0.25, -0.2) is 0 Å². The van der Waals surface area contributed by atoms with E-state index in [4.69, 9.17) is 14.7 Å². The Bertz CT molecular complexity index is 653. The van der Waals surface area contributed by atoms with Gasteiger partial charge in [0.2, 0.25) is 0 Å². The SMILES string of the molecule is N#Cc1ccccc1OCCCOc1ccc(Br)cc1Br. The van der Waals surface area contributed by atoms with Crippen LogP contribution in [0.4, 0.5) is 0 Å². The van der Waals surface area contributed by atoms with E-state index < -0.39 is 0 Å². The van der Waals surface area contributed by atoms with E-state index in [1.807, 2.05) is 30.3 Å². The number of hydrogen-bond acceptors (Lipinski definition) is 3. The Kier molecular flexibility index (Phi) is 6.09. The number of hydrogen-bond donors (Lipinski definition) is 0. The Morgan fingerprint density at radius 3 is 2.38 bits per heavy atom. The molecule has 0 spiro atoms. The number of ether oxygens (including phenoxy) is 2. The fourth-order valence-electron chi connectivity index (χ4n) is 1.70. The Hall–Kier alpha value is -1.51. The third-order valence-electron chi connectivity index (χ3n) is 2.71. The van der Waals surface area contributed by atoms with E-state index >= 15 is 0 Å². The molecular formula is C16H13Br2NO2. The maximum absolute atomic E-state index is 8.96. The van der Waals surface area contributed by atoms with E-state index in [0.29, 0.717) is 24.5 Å². The van der Waals surface area contributed by atoms with Crippen molar-refractivity contribution in [1.82, 2.24) is 0 Å². The average Bonchev–Trinajstić information content (AvgIpc) is 2.49. The lowest BCUT2D eigenvalue weighted by Gasteiger charge is -2.10. The summed E-state index contributed by atoms with van der Waals surface area (Å²) in [7, 11) is 0. The minimum absolute atomic E-state index is 0.507. The summed E-state index contributed by atoms with van der Waals surface area (Å²) in [5, 5.41) is 8.96.